The Labute approximate surface area is 153 Å². The number of nitro groups is 1. The minimum Gasteiger partial charge on any atom is -0.477 e. The standard InChI is InChI=1S/C20H26N2O4/c1-13-2-3-18(17(4-13)22(24)25)26-11-19(23)21-12-20-8-14-5-15(9-20)7-16(6-14)10-20/h2-4,14-16H,5-12H2,1H3,(H,21,23). The highest BCUT2D eigenvalue weighted by molar-refractivity contribution is 5.77. The Hall–Kier alpha value is -2.11. The molecule has 4 aliphatic carbocycles. The van der Waals surface area contributed by atoms with Crippen LogP contribution < -0.4 is 10.1 Å². The van der Waals surface area contributed by atoms with Crippen LogP contribution in [0, 0.1) is 40.2 Å². The van der Waals surface area contributed by atoms with E-state index in [-0.39, 0.29) is 29.4 Å². The van der Waals surface area contributed by atoms with E-state index in [9.17, 15) is 14.9 Å². The number of hydrogen-bond donors (Lipinski definition) is 1. The number of carbonyl (C=O) groups excluding carboxylic acids is 1. The quantitative estimate of drug-likeness (QED) is 0.622. The summed E-state index contributed by atoms with van der Waals surface area (Å²) in [4.78, 5) is 22.9. The molecule has 0 radical (unpaired) electrons. The lowest BCUT2D eigenvalue weighted by Gasteiger charge is -2.56. The van der Waals surface area contributed by atoms with Gasteiger partial charge in [-0.25, -0.2) is 0 Å². The summed E-state index contributed by atoms with van der Waals surface area (Å²) in [5.41, 5.74) is 0.967. The van der Waals surface area contributed by atoms with Crippen LogP contribution in [0.1, 0.15) is 44.1 Å². The molecule has 0 aromatic heterocycles. The molecule has 0 spiro atoms. The molecule has 26 heavy (non-hydrogen) atoms. The molecule has 1 aromatic rings. The van der Waals surface area contributed by atoms with Crippen molar-refractivity contribution in [2.75, 3.05) is 13.2 Å². The van der Waals surface area contributed by atoms with Crippen molar-refractivity contribution in [1.29, 1.82) is 0 Å². The Morgan fingerprint density at radius 3 is 2.42 bits per heavy atom. The highest BCUT2D eigenvalue weighted by atomic mass is 16.6. The molecule has 1 aromatic carbocycles. The summed E-state index contributed by atoms with van der Waals surface area (Å²) < 4.78 is 5.43. The maximum atomic E-state index is 12.3. The zero-order valence-corrected chi connectivity index (χ0v) is 15.2. The first-order valence-electron chi connectivity index (χ1n) is 9.57. The molecule has 0 saturated heterocycles. The average Bonchev–Trinajstić information content (AvgIpc) is 2.57. The SMILES string of the molecule is Cc1ccc(OCC(=O)NCC23CC4CC(CC(C4)C2)C3)c([N+](=O)[O-])c1. The Morgan fingerprint density at radius 2 is 1.85 bits per heavy atom. The molecule has 6 nitrogen and oxygen atoms in total. The largest absolute Gasteiger partial charge is 0.477 e. The fourth-order valence-corrected chi connectivity index (χ4v) is 5.88. The third-order valence-corrected chi connectivity index (χ3v) is 6.50. The highest BCUT2D eigenvalue weighted by Crippen LogP contribution is 2.59. The van der Waals surface area contributed by atoms with Crippen molar-refractivity contribution < 1.29 is 14.5 Å². The lowest BCUT2D eigenvalue weighted by atomic mass is 9.49. The van der Waals surface area contributed by atoms with Gasteiger partial charge in [-0.3, -0.25) is 14.9 Å². The fourth-order valence-electron chi connectivity index (χ4n) is 5.88. The first-order valence-corrected chi connectivity index (χ1v) is 9.57. The topological polar surface area (TPSA) is 81.5 Å². The van der Waals surface area contributed by atoms with Crippen LogP contribution >= 0.6 is 0 Å². The van der Waals surface area contributed by atoms with Crippen LogP contribution in [-0.4, -0.2) is 24.0 Å². The van der Waals surface area contributed by atoms with Crippen molar-refractivity contribution in [3.8, 4) is 5.75 Å². The van der Waals surface area contributed by atoms with Gasteiger partial charge in [0.1, 0.15) is 0 Å². The van der Waals surface area contributed by atoms with Gasteiger partial charge in [-0.1, -0.05) is 6.07 Å². The van der Waals surface area contributed by atoms with Crippen molar-refractivity contribution in [1.82, 2.24) is 5.32 Å². The maximum Gasteiger partial charge on any atom is 0.311 e. The second kappa shape index (κ2) is 6.56. The molecule has 5 rings (SSSR count). The summed E-state index contributed by atoms with van der Waals surface area (Å²) in [6.45, 7) is 2.32. The molecule has 140 valence electrons. The van der Waals surface area contributed by atoms with E-state index in [0.29, 0.717) is 6.54 Å². The summed E-state index contributed by atoms with van der Waals surface area (Å²) in [5, 5.41) is 14.2. The van der Waals surface area contributed by atoms with Gasteiger partial charge in [0.15, 0.2) is 12.4 Å². The first kappa shape index (κ1) is 17.3. The summed E-state index contributed by atoms with van der Waals surface area (Å²) in [6.07, 6.45) is 7.87. The summed E-state index contributed by atoms with van der Waals surface area (Å²) in [6, 6.07) is 4.76. The Balaban J connectivity index is 1.32. The van der Waals surface area contributed by atoms with Crippen LogP contribution in [0.3, 0.4) is 0 Å². The molecule has 0 heterocycles. The molecule has 4 fully saturated rings. The van der Waals surface area contributed by atoms with E-state index in [2.05, 4.69) is 5.32 Å². The number of nitro benzene ring substituents is 1. The Morgan fingerprint density at radius 1 is 1.23 bits per heavy atom. The summed E-state index contributed by atoms with van der Waals surface area (Å²) in [7, 11) is 0. The van der Waals surface area contributed by atoms with Crippen molar-refractivity contribution in [2.24, 2.45) is 23.2 Å². The third-order valence-electron chi connectivity index (χ3n) is 6.50. The number of benzene rings is 1. The molecular formula is C20H26N2O4. The van der Waals surface area contributed by atoms with E-state index in [1.165, 1.54) is 44.6 Å². The Kier molecular flexibility index (Phi) is 4.37. The van der Waals surface area contributed by atoms with Crippen molar-refractivity contribution in [2.45, 2.75) is 45.4 Å². The fraction of sp³-hybridized carbons (Fsp3) is 0.650. The van der Waals surface area contributed by atoms with Gasteiger partial charge in [0, 0.05) is 12.6 Å². The Bertz CT molecular complexity index is 695. The lowest BCUT2D eigenvalue weighted by molar-refractivity contribution is -0.385. The second-order valence-electron chi connectivity index (χ2n) is 8.71. The van der Waals surface area contributed by atoms with Gasteiger partial charge in [0.2, 0.25) is 0 Å². The van der Waals surface area contributed by atoms with E-state index >= 15 is 0 Å². The molecule has 4 bridgehead atoms. The van der Waals surface area contributed by atoms with Crippen LogP contribution in [-0.2, 0) is 4.79 Å². The first-order chi connectivity index (χ1) is 12.4. The zero-order chi connectivity index (χ0) is 18.3. The van der Waals surface area contributed by atoms with Gasteiger partial charge in [-0.05, 0) is 80.2 Å². The minimum atomic E-state index is -0.477. The minimum absolute atomic E-state index is 0.0983. The van der Waals surface area contributed by atoms with Crippen molar-refractivity contribution in [3.63, 3.8) is 0 Å². The van der Waals surface area contributed by atoms with E-state index in [0.717, 1.165) is 23.3 Å². The molecule has 1 amide bonds. The number of rotatable bonds is 6. The van der Waals surface area contributed by atoms with Crippen LogP contribution in [0.2, 0.25) is 0 Å². The number of nitrogens with one attached hydrogen (secondary N) is 1. The van der Waals surface area contributed by atoms with Crippen LogP contribution in [0.5, 0.6) is 5.75 Å². The summed E-state index contributed by atoms with van der Waals surface area (Å²) in [5.74, 6) is 2.50. The zero-order valence-electron chi connectivity index (χ0n) is 15.2. The van der Waals surface area contributed by atoms with Crippen LogP contribution in [0.4, 0.5) is 5.69 Å². The van der Waals surface area contributed by atoms with E-state index < -0.39 is 4.92 Å². The van der Waals surface area contributed by atoms with Gasteiger partial charge < -0.3 is 10.1 Å². The van der Waals surface area contributed by atoms with Gasteiger partial charge in [0.25, 0.3) is 5.91 Å². The molecule has 0 unspecified atom stereocenters. The molecule has 6 heteroatoms. The number of ether oxygens (including phenoxy) is 1. The predicted molar refractivity (Wildman–Crippen MR) is 96.9 cm³/mol. The highest BCUT2D eigenvalue weighted by Gasteiger charge is 2.50. The van der Waals surface area contributed by atoms with Gasteiger partial charge in [-0.2, -0.15) is 0 Å². The second-order valence-corrected chi connectivity index (χ2v) is 8.71. The molecule has 4 aliphatic rings. The molecule has 1 N–H and O–H groups in total. The van der Waals surface area contributed by atoms with Crippen molar-refractivity contribution in [3.05, 3.63) is 33.9 Å². The third kappa shape index (κ3) is 3.41. The molecule has 0 atom stereocenters. The lowest BCUT2D eigenvalue weighted by Crippen LogP contribution is -2.51. The number of nitrogens with zero attached hydrogens (tertiary/aromatic N) is 1. The number of aryl methyl sites for hydroxylation is 1. The monoisotopic (exact) mass is 358 g/mol. The normalized spacial score (nSPS) is 31.7. The average molecular weight is 358 g/mol. The van der Waals surface area contributed by atoms with Gasteiger partial charge in [-0.15, -0.1) is 0 Å². The number of amides is 1. The van der Waals surface area contributed by atoms with Gasteiger partial charge >= 0.3 is 5.69 Å². The smallest absolute Gasteiger partial charge is 0.311 e. The van der Waals surface area contributed by atoms with Crippen LogP contribution in [0.25, 0.3) is 0 Å². The number of carbonyl (C=O) groups is 1. The molecular weight excluding hydrogens is 332 g/mol. The van der Waals surface area contributed by atoms with E-state index in [1.54, 1.807) is 19.1 Å². The number of hydrogen-bond acceptors (Lipinski definition) is 4. The summed E-state index contributed by atoms with van der Waals surface area (Å²) >= 11 is 0. The van der Waals surface area contributed by atoms with Crippen LogP contribution in [0.15, 0.2) is 18.2 Å². The molecule has 0 aliphatic heterocycles. The maximum absolute atomic E-state index is 12.3. The van der Waals surface area contributed by atoms with E-state index in [1.807, 2.05) is 0 Å². The predicted octanol–water partition coefficient (Wildman–Crippen LogP) is 3.61. The van der Waals surface area contributed by atoms with E-state index in [4.69, 9.17) is 4.74 Å². The molecule has 4 saturated carbocycles. The van der Waals surface area contributed by atoms with Gasteiger partial charge in [0.05, 0.1) is 4.92 Å². The van der Waals surface area contributed by atoms with Crippen molar-refractivity contribution >= 4 is 11.6 Å².